The summed E-state index contributed by atoms with van der Waals surface area (Å²) in [5, 5.41) is 0. The first-order chi connectivity index (χ1) is 8.67. The molecular weight excluding hydrogens is 222 g/mol. The highest BCUT2D eigenvalue weighted by Crippen LogP contribution is 2.18. The van der Waals surface area contributed by atoms with Crippen LogP contribution in [0.15, 0.2) is 18.2 Å². The summed E-state index contributed by atoms with van der Waals surface area (Å²) in [5.41, 5.74) is 2.53. The fraction of sp³-hybridized carbons (Fsp3) is 0.625. The molecule has 0 saturated heterocycles. The lowest BCUT2D eigenvalue weighted by atomic mass is 10.1. The molecule has 2 heteroatoms. The molecule has 0 amide bonds. The zero-order valence-electron chi connectivity index (χ0n) is 12.3. The molecule has 1 aromatic carbocycles. The summed E-state index contributed by atoms with van der Waals surface area (Å²) in [7, 11) is 0. The fourth-order valence-corrected chi connectivity index (χ4v) is 2.12. The Kier molecular flexibility index (Phi) is 6.81. The van der Waals surface area contributed by atoms with Gasteiger partial charge in [0, 0.05) is 0 Å². The van der Waals surface area contributed by atoms with Crippen molar-refractivity contribution in [2.75, 3.05) is 26.2 Å². The van der Waals surface area contributed by atoms with Crippen LogP contribution in [0.3, 0.4) is 0 Å². The third-order valence-corrected chi connectivity index (χ3v) is 3.35. The predicted molar refractivity (Wildman–Crippen MR) is 78.4 cm³/mol. The number of benzene rings is 1. The van der Waals surface area contributed by atoms with Crippen molar-refractivity contribution in [2.24, 2.45) is 0 Å². The molecule has 2 nitrogen and oxygen atoms in total. The molecule has 1 aromatic rings. The molecule has 0 saturated carbocycles. The molecule has 0 atom stereocenters. The maximum absolute atomic E-state index is 5.82. The third kappa shape index (κ3) is 5.09. The lowest BCUT2D eigenvalue weighted by molar-refractivity contribution is 0.265. The number of ether oxygens (including phenoxy) is 1. The summed E-state index contributed by atoms with van der Waals surface area (Å²) >= 11 is 0. The smallest absolute Gasteiger partial charge is 0.122 e. The quantitative estimate of drug-likeness (QED) is 0.650. The molecule has 0 aliphatic rings. The van der Waals surface area contributed by atoms with Gasteiger partial charge in [-0.05, 0) is 58.0 Å². The summed E-state index contributed by atoms with van der Waals surface area (Å²) in [4.78, 5) is 2.46. The average Bonchev–Trinajstić information content (AvgIpc) is 2.36. The van der Waals surface area contributed by atoms with Crippen molar-refractivity contribution in [3.05, 3.63) is 29.3 Å². The Morgan fingerprint density at radius 3 is 2.39 bits per heavy atom. The highest BCUT2D eigenvalue weighted by Gasteiger charge is 2.01. The van der Waals surface area contributed by atoms with Crippen LogP contribution in [0, 0.1) is 13.8 Å². The van der Waals surface area contributed by atoms with E-state index in [1.807, 2.05) is 0 Å². The normalized spacial score (nSPS) is 10.9. The van der Waals surface area contributed by atoms with Crippen molar-refractivity contribution in [1.82, 2.24) is 4.90 Å². The first-order valence-corrected chi connectivity index (χ1v) is 7.09. The lowest BCUT2D eigenvalue weighted by Gasteiger charge is -2.17. The SMILES string of the molecule is CCN(CC)CCCCOc1ccc(C)cc1C. The molecule has 0 spiro atoms. The van der Waals surface area contributed by atoms with E-state index in [-0.39, 0.29) is 0 Å². The van der Waals surface area contributed by atoms with Crippen molar-refractivity contribution in [2.45, 2.75) is 40.5 Å². The Morgan fingerprint density at radius 2 is 1.78 bits per heavy atom. The van der Waals surface area contributed by atoms with E-state index in [0.717, 1.165) is 31.9 Å². The van der Waals surface area contributed by atoms with Gasteiger partial charge >= 0.3 is 0 Å². The molecule has 0 aromatic heterocycles. The molecule has 0 heterocycles. The molecule has 0 fully saturated rings. The molecule has 0 bridgehead atoms. The largest absolute Gasteiger partial charge is 0.493 e. The zero-order chi connectivity index (χ0) is 13.4. The molecule has 102 valence electrons. The first-order valence-electron chi connectivity index (χ1n) is 7.09. The lowest BCUT2D eigenvalue weighted by Crippen LogP contribution is -2.24. The minimum atomic E-state index is 0.825. The minimum absolute atomic E-state index is 0.825. The molecule has 0 aliphatic carbocycles. The van der Waals surface area contributed by atoms with Crippen LogP contribution >= 0.6 is 0 Å². The standard InChI is InChI=1S/C16H27NO/c1-5-17(6-2)11-7-8-12-18-16-10-9-14(3)13-15(16)4/h9-10,13H,5-8,11-12H2,1-4H3. The maximum atomic E-state index is 5.82. The summed E-state index contributed by atoms with van der Waals surface area (Å²) in [5.74, 6) is 1.03. The zero-order valence-corrected chi connectivity index (χ0v) is 12.3. The van der Waals surface area contributed by atoms with Gasteiger partial charge in [0.15, 0.2) is 0 Å². The number of hydrogen-bond donors (Lipinski definition) is 0. The van der Waals surface area contributed by atoms with Gasteiger partial charge in [0.2, 0.25) is 0 Å². The molecule has 18 heavy (non-hydrogen) atoms. The molecule has 0 radical (unpaired) electrons. The molecule has 0 N–H and O–H groups in total. The Hall–Kier alpha value is -1.02. The minimum Gasteiger partial charge on any atom is -0.493 e. The van der Waals surface area contributed by atoms with Gasteiger partial charge in [-0.25, -0.2) is 0 Å². The monoisotopic (exact) mass is 249 g/mol. The van der Waals surface area contributed by atoms with Crippen molar-refractivity contribution in [3.63, 3.8) is 0 Å². The van der Waals surface area contributed by atoms with E-state index in [4.69, 9.17) is 4.74 Å². The second-order valence-electron chi connectivity index (χ2n) is 4.85. The van der Waals surface area contributed by atoms with E-state index in [0.29, 0.717) is 0 Å². The summed E-state index contributed by atoms with van der Waals surface area (Å²) < 4.78 is 5.82. The summed E-state index contributed by atoms with van der Waals surface area (Å²) in [6, 6.07) is 6.36. The van der Waals surface area contributed by atoms with E-state index in [9.17, 15) is 0 Å². The van der Waals surface area contributed by atoms with Crippen LogP contribution in [-0.2, 0) is 0 Å². The van der Waals surface area contributed by atoms with Gasteiger partial charge in [0.05, 0.1) is 6.61 Å². The van der Waals surface area contributed by atoms with E-state index >= 15 is 0 Å². The van der Waals surface area contributed by atoms with Gasteiger partial charge < -0.3 is 9.64 Å². The highest BCUT2D eigenvalue weighted by atomic mass is 16.5. The number of hydrogen-bond acceptors (Lipinski definition) is 2. The van der Waals surface area contributed by atoms with E-state index < -0.39 is 0 Å². The van der Waals surface area contributed by atoms with Gasteiger partial charge in [0.1, 0.15) is 5.75 Å². The Bertz CT molecular complexity index is 345. The van der Waals surface area contributed by atoms with Crippen LogP contribution in [0.1, 0.15) is 37.8 Å². The topological polar surface area (TPSA) is 12.5 Å². The molecular formula is C16H27NO. The van der Waals surface area contributed by atoms with Crippen molar-refractivity contribution < 1.29 is 4.74 Å². The van der Waals surface area contributed by atoms with E-state index in [1.54, 1.807) is 0 Å². The second kappa shape index (κ2) is 8.15. The first kappa shape index (κ1) is 15.0. The Morgan fingerprint density at radius 1 is 1.06 bits per heavy atom. The fourth-order valence-electron chi connectivity index (χ4n) is 2.12. The number of aryl methyl sites for hydroxylation is 2. The van der Waals surface area contributed by atoms with E-state index in [2.05, 4.69) is 50.8 Å². The molecule has 0 aliphatic heterocycles. The Balaban J connectivity index is 2.21. The van der Waals surface area contributed by atoms with Gasteiger partial charge in [-0.2, -0.15) is 0 Å². The highest BCUT2D eigenvalue weighted by molar-refractivity contribution is 5.35. The number of unbranched alkanes of at least 4 members (excludes halogenated alkanes) is 1. The second-order valence-corrected chi connectivity index (χ2v) is 4.85. The molecule has 0 unspecified atom stereocenters. The van der Waals surface area contributed by atoms with E-state index in [1.165, 1.54) is 24.1 Å². The van der Waals surface area contributed by atoms with Crippen LogP contribution in [0.25, 0.3) is 0 Å². The van der Waals surface area contributed by atoms with Crippen LogP contribution in [0.2, 0.25) is 0 Å². The van der Waals surface area contributed by atoms with Gasteiger partial charge in [-0.1, -0.05) is 31.5 Å². The van der Waals surface area contributed by atoms with Crippen LogP contribution < -0.4 is 4.74 Å². The van der Waals surface area contributed by atoms with Gasteiger partial charge in [-0.3, -0.25) is 0 Å². The Labute approximate surface area is 112 Å². The van der Waals surface area contributed by atoms with Crippen LogP contribution in [0.4, 0.5) is 0 Å². The van der Waals surface area contributed by atoms with Crippen molar-refractivity contribution >= 4 is 0 Å². The third-order valence-electron chi connectivity index (χ3n) is 3.35. The van der Waals surface area contributed by atoms with Crippen LogP contribution in [-0.4, -0.2) is 31.1 Å². The van der Waals surface area contributed by atoms with Crippen molar-refractivity contribution in [1.29, 1.82) is 0 Å². The van der Waals surface area contributed by atoms with Gasteiger partial charge in [0.25, 0.3) is 0 Å². The number of rotatable bonds is 8. The average molecular weight is 249 g/mol. The summed E-state index contributed by atoms with van der Waals surface area (Å²) in [6.07, 6.45) is 2.34. The molecule has 1 rings (SSSR count). The maximum Gasteiger partial charge on any atom is 0.122 e. The van der Waals surface area contributed by atoms with Crippen molar-refractivity contribution in [3.8, 4) is 5.75 Å². The van der Waals surface area contributed by atoms with Crippen LogP contribution in [0.5, 0.6) is 5.75 Å². The van der Waals surface area contributed by atoms with Gasteiger partial charge in [-0.15, -0.1) is 0 Å². The predicted octanol–water partition coefficient (Wildman–Crippen LogP) is 3.80. The number of nitrogens with zero attached hydrogens (tertiary/aromatic N) is 1. The summed E-state index contributed by atoms with van der Waals surface area (Å²) in [6.45, 7) is 13.0.